The number of anilines is 2. The van der Waals surface area contributed by atoms with Crippen molar-refractivity contribution in [2.75, 3.05) is 56.2 Å². The lowest BCUT2D eigenvalue weighted by atomic mass is 9.99. The maximum atomic E-state index is 13.9. The number of benzene rings is 2. The molecule has 3 aliphatic rings. The zero-order valence-corrected chi connectivity index (χ0v) is 27.5. The van der Waals surface area contributed by atoms with Crippen molar-refractivity contribution in [3.05, 3.63) is 77.3 Å². The predicted octanol–water partition coefficient (Wildman–Crippen LogP) is 5.51. The van der Waals surface area contributed by atoms with Gasteiger partial charge in [-0.15, -0.1) is 0 Å². The van der Waals surface area contributed by atoms with Gasteiger partial charge in [-0.3, -0.25) is 9.69 Å². The van der Waals surface area contributed by atoms with E-state index in [4.69, 9.17) is 21.3 Å². The van der Waals surface area contributed by atoms with Gasteiger partial charge in [0.1, 0.15) is 18.5 Å². The zero-order chi connectivity index (χ0) is 33.3. The molecule has 2 fully saturated rings. The smallest absolute Gasteiger partial charge is 0.318 e. The third kappa shape index (κ3) is 6.75. The molecule has 248 valence electrons. The first-order valence-corrected chi connectivity index (χ1v) is 16.5. The molecule has 11 heteroatoms. The van der Waals surface area contributed by atoms with Crippen LogP contribution in [0.25, 0.3) is 15.6 Å². The van der Waals surface area contributed by atoms with Gasteiger partial charge in [-0.1, -0.05) is 36.9 Å². The van der Waals surface area contributed by atoms with Crippen LogP contribution in [0.3, 0.4) is 0 Å². The molecule has 6 rings (SSSR count). The van der Waals surface area contributed by atoms with E-state index in [0.29, 0.717) is 32.6 Å². The number of likely N-dealkylation sites (N-methyl/N-ethyl adjacent to an activating group) is 1. The Morgan fingerprint density at radius 2 is 2.00 bits per heavy atom. The van der Waals surface area contributed by atoms with Crippen molar-refractivity contribution in [1.82, 2.24) is 19.8 Å². The Kier molecular flexibility index (Phi) is 9.33. The van der Waals surface area contributed by atoms with E-state index in [2.05, 4.69) is 64.5 Å². The summed E-state index contributed by atoms with van der Waals surface area (Å²) in [6.07, 6.45) is 2.27. The van der Waals surface area contributed by atoms with Crippen LogP contribution in [-0.2, 0) is 17.8 Å². The van der Waals surface area contributed by atoms with Crippen LogP contribution in [0.5, 0.6) is 6.01 Å². The summed E-state index contributed by atoms with van der Waals surface area (Å²) in [6.45, 7) is 18.5. The number of ether oxygens (including phenoxy) is 1. The highest BCUT2D eigenvalue weighted by Crippen LogP contribution is 2.38. The molecule has 1 saturated heterocycles. The fourth-order valence-corrected chi connectivity index (χ4v) is 7.35. The first kappa shape index (κ1) is 32.6. The zero-order valence-electron chi connectivity index (χ0n) is 27.5. The highest BCUT2D eigenvalue weighted by atomic mass is 19.3. The van der Waals surface area contributed by atoms with E-state index in [1.54, 1.807) is 4.90 Å². The molecule has 3 heterocycles. The predicted molar refractivity (Wildman–Crippen MR) is 180 cm³/mol. The third-order valence-corrected chi connectivity index (χ3v) is 10.1. The Labute approximate surface area is 275 Å². The number of fused-ring (bicyclic) bond motifs is 2. The molecule has 9 nitrogen and oxygen atoms in total. The van der Waals surface area contributed by atoms with Gasteiger partial charge in [0.15, 0.2) is 0 Å². The normalized spacial score (nSPS) is 21.4. The van der Waals surface area contributed by atoms with Gasteiger partial charge in [-0.25, -0.2) is 15.4 Å². The number of piperazine rings is 1. The van der Waals surface area contributed by atoms with Gasteiger partial charge in [-0.05, 0) is 56.8 Å². The van der Waals surface area contributed by atoms with Gasteiger partial charge in [0.2, 0.25) is 18.4 Å². The van der Waals surface area contributed by atoms with Crippen LogP contribution in [0.15, 0.2) is 49.1 Å². The number of rotatable bonds is 9. The fraction of sp³-hybridized carbons (Fsp3) is 0.500. The number of aromatic nitrogens is 2. The molecular weight excluding hydrogens is 600 g/mol. The topological polar surface area (TPSA) is 69.4 Å². The molecule has 1 unspecified atom stereocenters. The minimum absolute atomic E-state index is 0.0836. The molecule has 0 N–H and O–H groups in total. The number of carbonyl (C=O) groups is 1. The molecule has 3 atom stereocenters. The van der Waals surface area contributed by atoms with Crippen LogP contribution < -0.4 is 14.5 Å². The summed E-state index contributed by atoms with van der Waals surface area (Å²) in [7, 11) is 1.88. The molecule has 0 bridgehead atoms. The average Bonchev–Trinajstić information content (AvgIpc) is 3.45. The van der Waals surface area contributed by atoms with Crippen LogP contribution in [0.4, 0.5) is 20.3 Å². The molecule has 0 radical (unpaired) electrons. The van der Waals surface area contributed by atoms with Gasteiger partial charge in [0.05, 0.1) is 12.2 Å². The molecule has 1 aromatic heterocycles. The minimum Gasteiger partial charge on any atom is -0.462 e. The lowest BCUT2D eigenvalue weighted by Crippen LogP contribution is -2.56. The summed E-state index contributed by atoms with van der Waals surface area (Å²) in [5, 5.41) is 2.42. The molecule has 2 aliphatic heterocycles. The lowest BCUT2D eigenvalue weighted by Gasteiger charge is -2.41. The van der Waals surface area contributed by atoms with E-state index in [-0.39, 0.29) is 56.0 Å². The quantitative estimate of drug-likeness (QED) is 0.225. The van der Waals surface area contributed by atoms with Gasteiger partial charge < -0.3 is 24.3 Å². The molecule has 1 saturated carbocycles. The van der Waals surface area contributed by atoms with Gasteiger partial charge in [-0.2, -0.15) is 9.97 Å². The van der Waals surface area contributed by atoms with E-state index in [1.165, 1.54) is 22.4 Å². The summed E-state index contributed by atoms with van der Waals surface area (Å²) < 4.78 is 34.2. The number of nitrogens with zero attached hydrogens (tertiary/aromatic N) is 7. The van der Waals surface area contributed by atoms with Crippen molar-refractivity contribution in [1.29, 1.82) is 0 Å². The van der Waals surface area contributed by atoms with Crippen molar-refractivity contribution in [3.63, 3.8) is 0 Å². The molecule has 0 spiro atoms. The molecular formula is C36H43F2N7O2. The highest BCUT2D eigenvalue weighted by Gasteiger charge is 2.42. The Morgan fingerprint density at radius 1 is 1.21 bits per heavy atom. The van der Waals surface area contributed by atoms with E-state index < -0.39 is 5.92 Å². The second-order valence-electron chi connectivity index (χ2n) is 13.1. The molecule has 1 amide bonds. The van der Waals surface area contributed by atoms with Crippen molar-refractivity contribution in [2.24, 2.45) is 0 Å². The number of alkyl halides is 2. The van der Waals surface area contributed by atoms with E-state index in [0.717, 1.165) is 35.7 Å². The maximum Gasteiger partial charge on any atom is 0.318 e. The summed E-state index contributed by atoms with van der Waals surface area (Å²) in [5.74, 6) is -2.02. The number of halogens is 2. The van der Waals surface area contributed by atoms with Gasteiger partial charge in [0, 0.05) is 67.7 Å². The summed E-state index contributed by atoms with van der Waals surface area (Å²) in [6, 6.07) is 12.4. The summed E-state index contributed by atoms with van der Waals surface area (Å²) >= 11 is 0. The number of amides is 1. The van der Waals surface area contributed by atoms with E-state index >= 15 is 0 Å². The van der Waals surface area contributed by atoms with Crippen LogP contribution in [-0.4, -0.2) is 96.1 Å². The Morgan fingerprint density at radius 3 is 2.72 bits per heavy atom. The Balaban J connectivity index is 1.30. The second kappa shape index (κ2) is 13.4. The average molecular weight is 644 g/mol. The largest absolute Gasteiger partial charge is 0.462 e. The summed E-state index contributed by atoms with van der Waals surface area (Å²) in [5.41, 5.74) is 4.30. The highest BCUT2D eigenvalue weighted by molar-refractivity contribution is 5.97. The fourth-order valence-electron chi connectivity index (χ4n) is 7.35. The molecule has 47 heavy (non-hydrogen) atoms. The van der Waals surface area contributed by atoms with Gasteiger partial charge >= 0.3 is 6.01 Å². The third-order valence-electron chi connectivity index (χ3n) is 10.1. The molecule has 3 aromatic rings. The van der Waals surface area contributed by atoms with Crippen LogP contribution in [0, 0.1) is 13.5 Å². The van der Waals surface area contributed by atoms with Crippen molar-refractivity contribution in [3.8, 4) is 6.01 Å². The van der Waals surface area contributed by atoms with E-state index in [9.17, 15) is 13.6 Å². The SMILES string of the molecule is [C-]#[N+]C[C@H]1CN(c2nc(OC[C@H](C)N(C)C3CCC(F)(F)C3)nc3c2CCN(c2cccc4cccc(C)c24)C3)CCN1C(=O)C=C. The Hall–Kier alpha value is -4.30. The van der Waals surface area contributed by atoms with Crippen LogP contribution >= 0.6 is 0 Å². The van der Waals surface area contributed by atoms with E-state index in [1.807, 2.05) is 18.9 Å². The molecule has 1 aliphatic carbocycles. The van der Waals surface area contributed by atoms with Gasteiger partial charge in [0.25, 0.3) is 0 Å². The maximum absolute atomic E-state index is 13.9. The van der Waals surface area contributed by atoms with Crippen molar-refractivity contribution < 1.29 is 18.3 Å². The lowest BCUT2D eigenvalue weighted by molar-refractivity contribution is -0.128. The number of carbonyl (C=O) groups excluding carboxylic acids is 1. The van der Waals surface area contributed by atoms with Crippen LogP contribution in [0.1, 0.15) is 43.0 Å². The Bertz CT molecular complexity index is 1690. The second-order valence-corrected chi connectivity index (χ2v) is 13.1. The van der Waals surface area contributed by atoms with Crippen molar-refractivity contribution in [2.45, 2.75) is 70.1 Å². The minimum atomic E-state index is -2.62. The first-order chi connectivity index (χ1) is 22.6. The monoisotopic (exact) mass is 643 g/mol. The molecule has 2 aromatic carbocycles. The number of hydrogen-bond acceptors (Lipinski definition) is 7. The number of hydrogen-bond donors (Lipinski definition) is 0. The first-order valence-electron chi connectivity index (χ1n) is 16.5. The van der Waals surface area contributed by atoms with Crippen LogP contribution in [0.2, 0.25) is 0 Å². The summed E-state index contributed by atoms with van der Waals surface area (Å²) in [4.78, 5) is 34.3. The standard InChI is InChI=1S/C36H43F2N7O2/c1-6-32(46)45-18-17-44(21-28(45)20-39-4)34-29-14-16-43(31-12-8-11-26-10-7-9-24(2)33(26)31)22-30(29)40-35(41-34)47-23-25(3)42(5)27-13-15-36(37,38)19-27/h6-12,25,27-28H,1,13-23H2,2-3,5H3/t25-,27?,28-/m0/s1. The number of aryl methyl sites for hydroxylation is 1. The van der Waals surface area contributed by atoms with Crippen molar-refractivity contribution >= 4 is 28.2 Å².